The molecule has 0 spiro atoms. The maximum atomic E-state index is 11.6. The van der Waals surface area contributed by atoms with Crippen molar-refractivity contribution in [2.75, 3.05) is 20.3 Å². The SMILES string of the molecule is COCC(C(=O)NN)N1CCCCC1C. The van der Waals surface area contributed by atoms with E-state index < -0.39 is 0 Å². The molecule has 3 N–H and O–H groups in total. The maximum absolute atomic E-state index is 11.6. The van der Waals surface area contributed by atoms with Gasteiger partial charge in [-0.05, 0) is 26.3 Å². The first-order valence-corrected chi connectivity index (χ1v) is 5.45. The number of rotatable bonds is 4. The Hall–Kier alpha value is -0.650. The Morgan fingerprint density at radius 2 is 2.40 bits per heavy atom. The molecule has 0 aromatic heterocycles. The van der Waals surface area contributed by atoms with E-state index in [2.05, 4.69) is 17.2 Å². The second-order valence-electron chi connectivity index (χ2n) is 4.06. The standard InChI is InChI=1S/C10H21N3O2/c1-8-5-3-4-6-13(8)9(7-15-2)10(14)12-11/h8-9H,3-7,11H2,1-2H3,(H,12,14). The van der Waals surface area contributed by atoms with E-state index in [4.69, 9.17) is 10.6 Å². The zero-order valence-electron chi connectivity index (χ0n) is 9.53. The molecule has 0 saturated carbocycles. The van der Waals surface area contributed by atoms with E-state index in [0.717, 1.165) is 19.4 Å². The molecule has 1 heterocycles. The number of piperidine rings is 1. The van der Waals surface area contributed by atoms with Gasteiger partial charge in [0, 0.05) is 13.2 Å². The Bertz CT molecular complexity index is 211. The third kappa shape index (κ3) is 3.15. The fourth-order valence-corrected chi connectivity index (χ4v) is 2.16. The van der Waals surface area contributed by atoms with Crippen LogP contribution < -0.4 is 11.3 Å². The number of nitrogens with one attached hydrogen (secondary N) is 1. The molecular weight excluding hydrogens is 194 g/mol. The summed E-state index contributed by atoms with van der Waals surface area (Å²) in [5, 5.41) is 0. The molecule has 1 fully saturated rings. The van der Waals surface area contributed by atoms with Gasteiger partial charge < -0.3 is 4.74 Å². The number of hydrogen-bond acceptors (Lipinski definition) is 4. The van der Waals surface area contributed by atoms with E-state index in [1.165, 1.54) is 6.42 Å². The minimum Gasteiger partial charge on any atom is -0.383 e. The average Bonchev–Trinajstić information content (AvgIpc) is 2.26. The number of carbonyl (C=O) groups excluding carboxylic acids is 1. The maximum Gasteiger partial charge on any atom is 0.253 e. The van der Waals surface area contributed by atoms with Gasteiger partial charge >= 0.3 is 0 Å². The lowest BCUT2D eigenvalue weighted by molar-refractivity contribution is -0.130. The van der Waals surface area contributed by atoms with Crippen LogP contribution in [0.3, 0.4) is 0 Å². The zero-order chi connectivity index (χ0) is 11.3. The summed E-state index contributed by atoms with van der Waals surface area (Å²) in [6.45, 7) is 3.49. The van der Waals surface area contributed by atoms with E-state index in [1.807, 2.05) is 0 Å². The van der Waals surface area contributed by atoms with Crippen LogP contribution in [0, 0.1) is 0 Å². The number of hydrazine groups is 1. The first-order valence-electron chi connectivity index (χ1n) is 5.45. The van der Waals surface area contributed by atoms with Crippen LogP contribution in [0.25, 0.3) is 0 Å². The van der Waals surface area contributed by atoms with Crippen molar-refractivity contribution in [2.45, 2.75) is 38.3 Å². The fraction of sp³-hybridized carbons (Fsp3) is 0.900. The smallest absolute Gasteiger partial charge is 0.253 e. The summed E-state index contributed by atoms with van der Waals surface area (Å²) >= 11 is 0. The highest BCUT2D eigenvalue weighted by Gasteiger charge is 2.30. The van der Waals surface area contributed by atoms with Gasteiger partial charge in [-0.1, -0.05) is 6.42 Å². The lowest BCUT2D eigenvalue weighted by atomic mass is 10.0. The normalized spacial score (nSPS) is 24.9. The molecule has 1 saturated heterocycles. The molecule has 5 heteroatoms. The number of hydrogen-bond donors (Lipinski definition) is 2. The fourth-order valence-electron chi connectivity index (χ4n) is 2.16. The van der Waals surface area contributed by atoms with E-state index in [1.54, 1.807) is 7.11 Å². The second kappa shape index (κ2) is 6.05. The van der Waals surface area contributed by atoms with Crippen LogP contribution in [0.2, 0.25) is 0 Å². The molecule has 0 aromatic carbocycles. The first-order chi connectivity index (χ1) is 7.20. The Morgan fingerprint density at radius 3 is 2.93 bits per heavy atom. The van der Waals surface area contributed by atoms with Gasteiger partial charge in [0.25, 0.3) is 5.91 Å². The van der Waals surface area contributed by atoms with Gasteiger partial charge in [0.1, 0.15) is 6.04 Å². The number of nitrogens with zero attached hydrogens (tertiary/aromatic N) is 1. The lowest BCUT2D eigenvalue weighted by Crippen LogP contribution is -2.55. The van der Waals surface area contributed by atoms with Crippen LogP contribution >= 0.6 is 0 Å². The largest absolute Gasteiger partial charge is 0.383 e. The van der Waals surface area contributed by atoms with Crippen molar-refractivity contribution in [1.29, 1.82) is 0 Å². The van der Waals surface area contributed by atoms with Crippen molar-refractivity contribution >= 4 is 5.91 Å². The summed E-state index contributed by atoms with van der Waals surface area (Å²) < 4.78 is 5.07. The molecule has 5 nitrogen and oxygen atoms in total. The summed E-state index contributed by atoms with van der Waals surface area (Å²) in [4.78, 5) is 13.8. The molecule has 88 valence electrons. The Labute approximate surface area is 90.9 Å². The predicted octanol–water partition coefficient (Wildman–Crippen LogP) is -0.134. The van der Waals surface area contributed by atoms with Gasteiger partial charge in [-0.3, -0.25) is 15.1 Å². The highest BCUT2D eigenvalue weighted by Crippen LogP contribution is 2.19. The van der Waals surface area contributed by atoms with Crippen LogP contribution in [0.5, 0.6) is 0 Å². The van der Waals surface area contributed by atoms with Gasteiger partial charge in [-0.2, -0.15) is 0 Å². The summed E-state index contributed by atoms with van der Waals surface area (Å²) in [6.07, 6.45) is 3.52. The van der Waals surface area contributed by atoms with Crippen molar-refractivity contribution in [2.24, 2.45) is 5.84 Å². The number of ether oxygens (including phenoxy) is 1. The molecule has 2 atom stereocenters. The number of methoxy groups -OCH3 is 1. The second-order valence-corrected chi connectivity index (χ2v) is 4.06. The van der Waals surface area contributed by atoms with E-state index >= 15 is 0 Å². The molecule has 1 aliphatic rings. The van der Waals surface area contributed by atoms with Crippen molar-refractivity contribution < 1.29 is 9.53 Å². The van der Waals surface area contributed by atoms with Crippen LogP contribution in [0.15, 0.2) is 0 Å². The first kappa shape index (κ1) is 12.4. The molecule has 0 aromatic rings. The van der Waals surface area contributed by atoms with Crippen molar-refractivity contribution in [3.63, 3.8) is 0 Å². The molecule has 0 radical (unpaired) electrons. The Morgan fingerprint density at radius 1 is 1.67 bits per heavy atom. The van der Waals surface area contributed by atoms with E-state index in [-0.39, 0.29) is 11.9 Å². The van der Waals surface area contributed by atoms with Crippen LogP contribution in [0.4, 0.5) is 0 Å². The summed E-state index contributed by atoms with van der Waals surface area (Å²) in [5.74, 6) is 5.01. The molecule has 0 bridgehead atoms. The average molecular weight is 215 g/mol. The summed E-state index contributed by atoms with van der Waals surface area (Å²) in [6, 6.07) is 0.173. The van der Waals surface area contributed by atoms with Crippen LogP contribution in [-0.4, -0.2) is 43.2 Å². The predicted molar refractivity (Wildman–Crippen MR) is 58.0 cm³/mol. The van der Waals surface area contributed by atoms with Gasteiger partial charge in [0.15, 0.2) is 0 Å². The molecule has 2 unspecified atom stereocenters. The lowest BCUT2D eigenvalue weighted by Gasteiger charge is -2.38. The zero-order valence-corrected chi connectivity index (χ0v) is 9.53. The molecule has 1 rings (SSSR count). The minimum absolute atomic E-state index is 0.161. The minimum atomic E-state index is -0.254. The molecule has 0 aliphatic carbocycles. The van der Waals surface area contributed by atoms with Gasteiger partial charge in [-0.25, -0.2) is 5.84 Å². The molecule has 15 heavy (non-hydrogen) atoms. The van der Waals surface area contributed by atoms with Crippen molar-refractivity contribution in [3.05, 3.63) is 0 Å². The van der Waals surface area contributed by atoms with Crippen LogP contribution in [0.1, 0.15) is 26.2 Å². The highest BCUT2D eigenvalue weighted by molar-refractivity contribution is 5.81. The summed E-state index contributed by atoms with van der Waals surface area (Å²) in [7, 11) is 1.60. The number of likely N-dealkylation sites (tertiary alicyclic amines) is 1. The third-order valence-electron chi connectivity index (χ3n) is 3.02. The quantitative estimate of drug-likeness (QED) is 0.389. The monoisotopic (exact) mass is 215 g/mol. The van der Waals surface area contributed by atoms with E-state index in [9.17, 15) is 4.79 Å². The topological polar surface area (TPSA) is 67.6 Å². The molecule has 1 amide bonds. The van der Waals surface area contributed by atoms with Gasteiger partial charge in [0.2, 0.25) is 0 Å². The Kier molecular flexibility index (Phi) is 5.01. The van der Waals surface area contributed by atoms with Crippen LogP contribution in [-0.2, 0) is 9.53 Å². The number of carbonyl (C=O) groups is 1. The van der Waals surface area contributed by atoms with Crippen molar-refractivity contribution in [1.82, 2.24) is 10.3 Å². The third-order valence-corrected chi connectivity index (χ3v) is 3.02. The van der Waals surface area contributed by atoms with Gasteiger partial charge in [-0.15, -0.1) is 0 Å². The Balaban J connectivity index is 2.64. The van der Waals surface area contributed by atoms with Gasteiger partial charge in [0.05, 0.1) is 6.61 Å². The van der Waals surface area contributed by atoms with E-state index in [0.29, 0.717) is 12.6 Å². The molecule has 1 aliphatic heterocycles. The number of nitrogens with two attached hydrogens (primary N) is 1. The highest BCUT2D eigenvalue weighted by atomic mass is 16.5. The molecular formula is C10H21N3O2. The summed E-state index contributed by atoms with van der Waals surface area (Å²) in [5.41, 5.74) is 2.21. The number of amides is 1. The van der Waals surface area contributed by atoms with Crippen molar-refractivity contribution in [3.8, 4) is 0 Å².